The molecular weight excluding hydrogens is 600 g/mol. The molecule has 4 aliphatic carbocycles. The number of allylic oxidation sites excluding steroid dienone is 1. The number of hydrogen-bond acceptors (Lipinski definition) is 9. The van der Waals surface area contributed by atoms with Crippen LogP contribution in [0.25, 0.3) is 0 Å². The molecule has 4 aliphatic rings. The molecule has 0 N–H and O–H groups in total. The van der Waals surface area contributed by atoms with Crippen molar-refractivity contribution in [2.75, 3.05) is 26.4 Å². The van der Waals surface area contributed by atoms with E-state index in [0.29, 0.717) is 34.8 Å². The minimum absolute atomic E-state index is 0.00198. The van der Waals surface area contributed by atoms with Gasteiger partial charge in [0.05, 0.1) is 5.56 Å². The normalized spacial score (nSPS) is 30.7. The van der Waals surface area contributed by atoms with E-state index < -0.39 is 17.9 Å². The summed E-state index contributed by atoms with van der Waals surface area (Å²) in [5.74, 6) is 1.39. The molecule has 254 valence electrons. The summed E-state index contributed by atoms with van der Waals surface area (Å²) in [5.41, 5.74) is 1.94. The largest absolute Gasteiger partial charge is 0.486 e. The second-order valence-electron chi connectivity index (χ2n) is 13.9. The van der Waals surface area contributed by atoms with Crippen molar-refractivity contribution < 1.29 is 42.9 Å². The topological polar surface area (TPSA) is 114 Å². The Balaban J connectivity index is 1.23. The number of benzene rings is 1. The molecule has 9 heteroatoms. The number of ketones is 1. The molecule has 47 heavy (non-hydrogen) atoms. The van der Waals surface area contributed by atoms with Crippen LogP contribution >= 0.6 is 0 Å². The van der Waals surface area contributed by atoms with Gasteiger partial charge in [0.2, 0.25) is 0 Å². The van der Waals surface area contributed by atoms with Gasteiger partial charge in [-0.1, -0.05) is 38.7 Å². The average molecular weight is 649 g/mol. The van der Waals surface area contributed by atoms with Gasteiger partial charge in [0.1, 0.15) is 38.3 Å². The predicted molar refractivity (Wildman–Crippen MR) is 175 cm³/mol. The minimum Gasteiger partial charge on any atom is -0.486 e. The van der Waals surface area contributed by atoms with E-state index in [-0.39, 0.29) is 55.0 Å². The van der Waals surface area contributed by atoms with E-state index in [9.17, 15) is 19.2 Å². The zero-order valence-electron chi connectivity index (χ0n) is 27.9. The maximum atomic E-state index is 13.4. The first-order chi connectivity index (χ1) is 22.5. The highest BCUT2D eigenvalue weighted by atomic mass is 16.6. The highest BCUT2D eigenvalue weighted by Gasteiger charge is 2.59. The summed E-state index contributed by atoms with van der Waals surface area (Å²) in [5, 5.41) is 0. The monoisotopic (exact) mass is 648 g/mol. The van der Waals surface area contributed by atoms with Crippen LogP contribution in [-0.4, -0.2) is 56.2 Å². The van der Waals surface area contributed by atoms with Gasteiger partial charge in [-0.05, 0) is 98.7 Å². The first-order valence-electron chi connectivity index (χ1n) is 16.9. The second-order valence-corrected chi connectivity index (χ2v) is 13.9. The van der Waals surface area contributed by atoms with Gasteiger partial charge in [0, 0.05) is 24.5 Å². The molecular formula is C38H48O9. The summed E-state index contributed by atoms with van der Waals surface area (Å²) >= 11 is 0. The maximum Gasteiger partial charge on any atom is 0.338 e. The van der Waals surface area contributed by atoms with Crippen molar-refractivity contribution in [2.45, 2.75) is 78.2 Å². The summed E-state index contributed by atoms with van der Waals surface area (Å²) in [4.78, 5) is 48.6. The molecule has 0 heterocycles. The molecule has 0 spiro atoms. The number of Topliss-reactive ketones (excluding diaryl/α,β-unsaturated/α-hetero) is 1. The van der Waals surface area contributed by atoms with Crippen LogP contribution in [0.2, 0.25) is 0 Å². The van der Waals surface area contributed by atoms with Crippen molar-refractivity contribution in [3.8, 4) is 11.5 Å². The van der Waals surface area contributed by atoms with Crippen molar-refractivity contribution in [3.05, 3.63) is 60.7 Å². The fourth-order valence-electron chi connectivity index (χ4n) is 9.19. The Morgan fingerprint density at radius 2 is 1.53 bits per heavy atom. The molecule has 0 amide bonds. The van der Waals surface area contributed by atoms with Crippen LogP contribution in [0.15, 0.2) is 55.2 Å². The van der Waals surface area contributed by atoms with Gasteiger partial charge in [0.25, 0.3) is 0 Å². The molecule has 1 aromatic carbocycles. The summed E-state index contributed by atoms with van der Waals surface area (Å²) in [6.45, 7) is 13.4. The van der Waals surface area contributed by atoms with Gasteiger partial charge in [-0.25, -0.2) is 14.4 Å². The molecule has 9 nitrogen and oxygen atoms in total. The van der Waals surface area contributed by atoms with Gasteiger partial charge in [-0.15, -0.1) is 0 Å². The van der Waals surface area contributed by atoms with Crippen LogP contribution in [0.4, 0.5) is 0 Å². The fourth-order valence-corrected chi connectivity index (χ4v) is 9.19. The average Bonchev–Trinajstić information content (AvgIpc) is 3.42. The summed E-state index contributed by atoms with van der Waals surface area (Å²) in [7, 11) is 0. The molecule has 7 atom stereocenters. The smallest absolute Gasteiger partial charge is 0.338 e. The second kappa shape index (κ2) is 14.5. The van der Waals surface area contributed by atoms with Gasteiger partial charge >= 0.3 is 17.9 Å². The Labute approximate surface area is 277 Å². The first kappa shape index (κ1) is 34.5. The van der Waals surface area contributed by atoms with Gasteiger partial charge in [0.15, 0.2) is 11.5 Å². The van der Waals surface area contributed by atoms with E-state index in [1.165, 1.54) is 5.57 Å². The molecule has 0 unspecified atom stereocenters. The molecule has 1 aromatic rings. The molecule has 0 aromatic heterocycles. The minimum atomic E-state index is -0.569. The zero-order chi connectivity index (χ0) is 33.8. The standard InChI is InChI=1S/C38H48O9/c1-6-34(40)45-20-18-43-32-13-8-25(22-33(32)44-19-21-46-35(41)7-2)36(42)47-27-14-16-37(4)26(23-27)9-10-28-30-12-11-29(24(3)39)38(30,5)17-15-31(28)37/h6-9,13,22,27-31H,1-2,10-12,14-21,23H2,3-5H3/t27-,28-,29+,30-,31-,37-,38+/m0/s1. The molecule has 0 saturated heterocycles. The van der Waals surface area contributed by atoms with Crippen LogP contribution in [0.1, 0.15) is 82.5 Å². The number of hydrogen-bond donors (Lipinski definition) is 0. The lowest BCUT2D eigenvalue weighted by Crippen LogP contribution is -2.51. The predicted octanol–water partition coefficient (Wildman–Crippen LogP) is 6.60. The third kappa shape index (κ3) is 7.19. The lowest BCUT2D eigenvalue weighted by Gasteiger charge is -2.58. The fraction of sp³-hybridized carbons (Fsp3) is 0.579. The number of fused-ring (bicyclic) bond motifs is 5. The van der Waals surface area contributed by atoms with E-state index in [4.69, 9.17) is 23.7 Å². The van der Waals surface area contributed by atoms with E-state index in [1.807, 2.05) is 0 Å². The summed E-state index contributed by atoms with van der Waals surface area (Å²) in [6.07, 6.45) is 12.3. The van der Waals surface area contributed by atoms with E-state index in [1.54, 1.807) is 25.1 Å². The van der Waals surface area contributed by atoms with Crippen molar-refractivity contribution in [1.29, 1.82) is 0 Å². The van der Waals surface area contributed by atoms with Crippen LogP contribution in [0.3, 0.4) is 0 Å². The molecule has 3 saturated carbocycles. The van der Waals surface area contributed by atoms with Crippen molar-refractivity contribution in [1.82, 2.24) is 0 Å². The number of esters is 3. The highest BCUT2D eigenvalue weighted by molar-refractivity contribution is 5.90. The third-order valence-corrected chi connectivity index (χ3v) is 11.5. The molecule has 5 rings (SSSR count). The number of carbonyl (C=O) groups excluding carboxylic acids is 4. The first-order valence-corrected chi connectivity index (χ1v) is 16.9. The van der Waals surface area contributed by atoms with Crippen molar-refractivity contribution >= 4 is 23.7 Å². The zero-order valence-corrected chi connectivity index (χ0v) is 27.9. The molecule has 0 bridgehead atoms. The van der Waals surface area contributed by atoms with Gasteiger partial charge in [-0.2, -0.15) is 0 Å². The highest BCUT2D eigenvalue weighted by Crippen LogP contribution is 2.66. The Morgan fingerprint density at radius 3 is 2.19 bits per heavy atom. The lowest BCUT2D eigenvalue weighted by molar-refractivity contribution is -0.139. The van der Waals surface area contributed by atoms with Crippen LogP contribution < -0.4 is 9.47 Å². The summed E-state index contributed by atoms with van der Waals surface area (Å²) < 4.78 is 27.6. The van der Waals surface area contributed by atoms with Crippen molar-refractivity contribution in [2.24, 2.45) is 34.5 Å². The van der Waals surface area contributed by atoms with E-state index in [0.717, 1.165) is 63.5 Å². The Bertz CT molecular complexity index is 1430. The summed E-state index contributed by atoms with van der Waals surface area (Å²) in [6, 6.07) is 4.77. The molecule has 3 fully saturated rings. The number of ether oxygens (including phenoxy) is 5. The van der Waals surface area contributed by atoms with Crippen molar-refractivity contribution in [3.63, 3.8) is 0 Å². The van der Waals surface area contributed by atoms with E-state index >= 15 is 0 Å². The maximum absolute atomic E-state index is 13.4. The number of carbonyl (C=O) groups is 4. The van der Waals surface area contributed by atoms with Crippen LogP contribution in [-0.2, 0) is 28.6 Å². The Hall–Kier alpha value is -3.88. The van der Waals surface area contributed by atoms with Crippen LogP contribution in [0, 0.1) is 34.5 Å². The van der Waals surface area contributed by atoms with Gasteiger partial charge in [-0.3, -0.25) is 4.79 Å². The van der Waals surface area contributed by atoms with Gasteiger partial charge < -0.3 is 23.7 Å². The Kier molecular flexibility index (Phi) is 10.6. The quantitative estimate of drug-likeness (QED) is 0.0768. The molecule has 0 radical (unpaired) electrons. The lowest BCUT2D eigenvalue weighted by atomic mass is 9.47. The van der Waals surface area contributed by atoms with Crippen LogP contribution in [0.5, 0.6) is 11.5 Å². The Morgan fingerprint density at radius 1 is 0.851 bits per heavy atom. The SMILES string of the molecule is C=CC(=O)OCCOc1ccc(C(=O)O[C@H]2CC[C@@]3(C)C(=CC[C@H]4[C@@H]5CC[C@H](C(C)=O)[C@@]5(C)CC[C@@H]43)C2)cc1OCCOC(=O)C=C. The third-order valence-electron chi connectivity index (χ3n) is 11.5. The number of rotatable bonds is 13. The molecule has 0 aliphatic heterocycles. The van der Waals surface area contributed by atoms with E-state index in [2.05, 4.69) is 33.1 Å².